The fraction of sp³-hybridized carbons (Fsp3) is 0.818. The maximum absolute atomic E-state index is 5.67. The summed E-state index contributed by atoms with van der Waals surface area (Å²) in [6, 6.07) is 0.179. The van der Waals surface area contributed by atoms with E-state index in [9.17, 15) is 0 Å². The molecule has 0 bridgehead atoms. The highest BCUT2D eigenvalue weighted by Crippen LogP contribution is 2.16. The van der Waals surface area contributed by atoms with E-state index in [0.29, 0.717) is 11.8 Å². The number of aromatic nitrogens is 2. The van der Waals surface area contributed by atoms with E-state index in [-0.39, 0.29) is 6.04 Å². The highest BCUT2D eigenvalue weighted by atomic mass is 16.5. The zero-order valence-corrected chi connectivity index (χ0v) is 9.69. The molecule has 16 heavy (non-hydrogen) atoms. The van der Waals surface area contributed by atoms with Crippen molar-refractivity contribution in [1.82, 2.24) is 10.1 Å². The highest BCUT2D eigenvalue weighted by molar-refractivity contribution is 4.89. The van der Waals surface area contributed by atoms with Crippen molar-refractivity contribution in [2.75, 3.05) is 13.2 Å². The van der Waals surface area contributed by atoms with Crippen LogP contribution in [0.4, 0.5) is 0 Å². The molecule has 1 aliphatic heterocycles. The number of aryl methyl sites for hydroxylation is 1. The van der Waals surface area contributed by atoms with Gasteiger partial charge in [-0.3, -0.25) is 0 Å². The summed E-state index contributed by atoms with van der Waals surface area (Å²) in [6.45, 7) is 3.66. The second-order valence-electron chi connectivity index (χ2n) is 4.55. The summed E-state index contributed by atoms with van der Waals surface area (Å²) in [5, 5.41) is 3.98. The van der Waals surface area contributed by atoms with Gasteiger partial charge >= 0.3 is 0 Å². The van der Waals surface area contributed by atoms with Crippen LogP contribution in [0.2, 0.25) is 0 Å². The lowest BCUT2D eigenvalue weighted by Gasteiger charge is -2.01. The standard InChI is InChI=1S/C11H19N3O2/c1-8(12)2-3-11-13-10(14-16-11)6-9-4-5-15-7-9/h8-9H,2-7,12H2,1H3. The van der Waals surface area contributed by atoms with Crippen LogP contribution in [0.1, 0.15) is 31.5 Å². The molecule has 0 amide bonds. The minimum absolute atomic E-state index is 0.179. The van der Waals surface area contributed by atoms with Crippen molar-refractivity contribution in [2.45, 2.75) is 38.6 Å². The fourth-order valence-electron chi connectivity index (χ4n) is 1.83. The quantitative estimate of drug-likeness (QED) is 0.806. The van der Waals surface area contributed by atoms with Crippen LogP contribution in [-0.4, -0.2) is 29.4 Å². The summed E-state index contributed by atoms with van der Waals surface area (Å²) < 4.78 is 10.5. The zero-order chi connectivity index (χ0) is 11.4. The maximum atomic E-state index is 5.67. The van der Waals surface area contributed by atoms with Gasteiger partial charge in [0.1, 0.15) is 0 Å². The molecule has 2 unspecified atom stereocenters. The number of hydrogen-bond acceptors (Lipinski definition) is 5. The molecule has 0 spiro atoms. The van der Waals surface area contributed by atoms with Crippen LogP contribution >= 0.6 is 0 Å². The molecule has 5 heteroatoms. The molecule has 2 heterocycles. The third-order valence-electron chi connectivity index (χ3n) is 2.82. The average Bonchev–Trinajstić information content (AvgIpc) is 2.87. The SMILES string of the molecule is CC(N)CCc1nc(CC2CCOC2)no1. The summed E-state index contributed by atoms with van der Waals surface area (Å²) in [4.78, 5) is 4.36. The normalized spacial score (nSPS) is 22.5. The summed E-state index contributed by atoms with van der Waals surface area (Å²) >= 11 is 0. The van der Waals surface area contributed by atoms with E-state index in [1.54, 1.807) is 0 Å². The first-order valence-electron chi connectivity index (χ1n) is 5.89. The van der Waals surface area contributed by atoms with Crippen LogP contribution in [0.15, 0.2) is 4.52 Å². The Kier molecular flexibility index (Phi) is 3.90. The van der Waals surface area contributed by atoms with Gasteiger partial charge in [0.25, 0.3) is 0 Å². The number of nitrogens with two attached hydrogens (primary N) is 1. The predicted molar refractivity (Wildman–Crippen MR) is 58.9 cm³/mol. The van der Waals surface area contributed by atoms with Crippen molar-refractivity contribution in [3.05, 3.63) is 11.7 Å². The first-order chi connectivity index (χ1) is 7.74. The summed E-state index contributed by atoms with van der Waals surface area (Å²) in [5.41, 5.74) is 5.67. The van der Waals surface area contributed by atoms with Gasteiger partial charge in [-0.1, -0.05) is 5.16 Å². The van der Waals surface area contributed by atoms with Crippen LogP contribution in [-0.2, 0) is 17.6 Å². The summed E-state index contributed by atoms with van der Waals surface area (Å²) in [7, 11) is 0. The Bertz CT molecular complexity index is 319. The van der Waals surface area contributed by atoms with Crippen LogP contribution in [0.3, 0.4) is 0 Å². The lowest BCUT2D eigenvalue weighted by atomic mass is 10.1. The minimum Gasteiger partial charge on any atom is -0.381 e. The van der Waals surface area contributed by atoms with Gasteiger partial charge in [0, 0.05) is 32.1 Å². The van der Waals surface area contributed by atoms with Crippen molar-refractivity contribution in [2.24, 2.45) is 11.7 Å². The van der Waals surface area contributed by atoms with E-state index >= 15 is 0 Å². The number of rotatable bonds is 5. The summed E-state index contributed by atoms with van der Waals surface area (Å²) in [6.07, 6.45) is 3.62. The zero-order valence-electron chi connectivity index (χ0n) is 9.69. The van der Waals surface area contributed by atoms with Gasteiger partial charge in [-0.05, 0) is 25.7 Å². The Morgan fingerprint density at radius 3 is 3.12 bits per heavy atom. The Morgan fingerprint density at radius 1 is 1.56 bits per heavy atom. The molecule has 1 aromatic rings. The second kappa shape index (κ2) is 5.41. The van der Waals surface area contributed by atoms with E-state index in [2.05, 4.69) is 10.1 Å². The molecule has 2 rings (SSSR count). The molecule has 1 saturated heterocycles. The van der Waals surface area contributed by atoms with E-state index in [4.69, 9.17) is 15.0 Å². The molecule has 2 N–H and O–H groups in total. The molecule has 0 aliphatic carbocycles. The predicted octanol–water partition coefficient (Wildman–Crippen LogP) is 0.928. The Labute approximate surface area is 95.3 Å². The van der Waals surface area contributed by atoms with Gasteiger partial charge < -0.3 is 15.0 Å². The van der Waals surface area contributed by atoms with Crippen molar-refractivity contribution in [3.8, 4) is 0 Å². The lowest BCUT2D eigenvalue weighted by molar-refractivity contribution is 0.185. The van der Waals surface area contributed by atoms with Crippen molar-refractivity contribution in [1.29, 1.82) is 0 Å². The molecule has 1 fully saturated rings. The molecule has 90 valence electrons. The van der Waals surface area contributed by atoms with Gasteiger partial charge in [-0.25, -0.2) is 0 Å². The third kappa shape index (κ3) is 3.28. The monoisotopic (exact) mass is 225 g/mol. The van der Waals surface area contributed by atoms with Gasteiger partial charge in [-0.15, -0.1) is 0 Å². The van der Waals surface area contributed by atoms with Crippen LogP contribution < -0.4 is 5.73 Å². The smallest absolute Gasteiger partial charge is 0.226 e. The molecule has 0 saturated carbocycles. The first kappa shape index (κ1) is 11.5. The minimum atomic E-state index is 0.179. The average molecular weight is 225 g/mol. The van der Waals surface area contributed by atoms with Crippen molar-refractivity contribution >= 4 is 0 Å². The lowest BCUT2D eigenvalue weighted by Crippen LogP contribution is -2.15. The van der Waals surface area contributed by atoms with E-state index in [0.717, 1.165) is 44.7 Å². The highest BCUT2D eigenvalue weighted by Gasteiger charge is 2.19. The van der Waals surface area contributed by atoms with E-state index in [1.807, 2.05) is 6.92 Å². The van der Waals surface area contributed by atoms with Crippen molar-refractivity contribution in [3.63, 3.8) is 0 Å². The van der Waals surface area contributed by atoms with Gasteiger partial charge in [0.05, 0.1) is 0 Å². The second-order valence-corrected chi connectivity index (χ2v) is 4.55. The topological polar surface area (TPSA) is 74.2 Å². The van der Waals surface area contributed by atoms with Gasteiger partial charge in [0.2, 0.25) is 5.89 Å². The molecule has 2 atom stereocenters. The maximum Gasteiger partial charge on any atom is 0.226 e. The molecule has 1 aliphatic rings. The molecular weight excluding hydrogens is 206 g/mol. The van der Waals surface area contributed by atoms with Crippen LogP contribution in [0, 0.1) is 5.92 Å². The number of nitrogens with zero attached hydrogens (tertiary/aromatic N) is 2. The van der Waals surface area contributed by atoms with Gasteiger partial charge in [-0.2, -0.15) is 4.98 Å². The number of ether oxygens (including phenoxy) is 1. The Hall–Kier alpha value is -0.940. The van der Waals surface area contributed by atoms with Gasteiger partial charge in [0.15, 0.2) is 5.82 Å². The third-order valence-corrected chi connectivity index (χ3v) is 2.82. The molecule has 5 nitrogen and oxygen atoms in total. The largest absolute Gasteiger partial charge is 0.381 e. The van der Waals surface area contributed by atoms with E-state index in [1.165, 1.54) is 0 Å². The molecule has 0 aromatic carbocycles. The van der Waals surface area contributed by atoms with Crippen LogP contribution in [0.5, 0.6) is 0 Å². The molecular formula is C11H19N3O2. The van der Waals surface area contributed by atoms with Crippen LogP contribution in [0.25, 0.3) is 0 Å². The summed E-state index contributed by atoms with van der Waals surface area (Å²) in [5.74, 6) is 2.06. The Morgan fingerprint density at radius 2 is 2.44 bits per heavy atom. The first-order valence-corrected chi connectivity index (χ1v) is 5.89. The number of hydrogen-bond donors (Lipinski definition) is 1. The fourth-order valence-corrected chi connectivity index (χ4v) is 1.83. The molecule has 0 radical (unpaired) electrons. The van der Waals surface area contributed by atoms with Crippen molar-refractivity contribution < 1.29 is 9.26 Å². The van der Waals surface area contributed by atoms with E-state index < -0.39 is 0 Å². The Balaban J connectivity index is 1.81. The molecule has 1 aromatic heterocycles.